The molecule has 0 spiro atoms. The minimum Gasteiger partial charge on any atom is -0.394 e. The van der Waals surface area contributed by atoms with Crippen molar-refractivity contribution in [3.05, 3.63) is 0 Å². The van der Waals surface area contributed by atoms with Crippen molar-refractivity contribution in [1.29, 1.82) is 0 Å². The van der Waals surface area contributed by atoms with E-state index in [1.807, 2.05) is 0 Å². The molecule has 0 amide bonds. The van der Waals surface area contributed by atoms with E-state index in [4.69, 9.17) is 42.6 Å². The van der Waals surface area contributed by atoms with Crippen LogP contribution in [-0.2, 0) is 42.6 Å². The van der Waals surface area contributed by atoms with Gasteiger partial charge in [-0.15, -0.1) is 0 Å². The van der Waals surface area contributed by atoms with Crippen LogP contribution in [0.5, 0.6) is 0 Å². The van der Waals surface area contributed by atoms with Crippen LogP contribution in [0.4, 0.5) is 0 Å². The number of aliphatic hydroxyl groups is 15. The van der Waals surface area contributed by atoms with E-state index in [0.717, 1.165) is 0 Å². The summed E-state index contributed by atoms with van der Waals surface area (Å²) in [6.07, 6.45) is -41.0. The first kappa shape index (κ1) is 42.2. The standard InChI is InChI=1S/C28H48O24/c29-1-7-12(34)15(37)18(40)26(46-7)50-21-9(3-31)48-28(23(20(21)42)52-25-17(39)11(33)6(32)4-45-25)49-10-5-44-24(43)22(14(10)36)51-27-19(41)16(38)13(35)8(2-30)47-27/h6-43H,1-5H2/t6-,7-,8-,9-,10+,11+,12-,13-,14+,15+,16+,17-,18-,19-,20+,21-,22-,23-,24-,25+,26+,27+,28+/m1/s1. The van der Waals surface area contributed by atoms with Crippen LogP contribution in [0.2, 0.25) is 0 Å². The second kappa shape index (κ2) is 17.9. The second-order valence-corrected chi connectivity index (χ2v) is 13.1. The van der Waals surface area contributed by atoms with Gasteiger partial charge in [0.2, 0.25) is 0 Å². The highest BCUT2D eigenvalue weighted by Crippen LogP contribution is 2.35. The maximum atomic E-state index is 11.6. The van der Waals surface area contributed by atoms with Gasteiger partial charge in [0, 0.05) is 0 Å². The fraction of sp³-hybridized carbons (Fsp3) is 1.00. The average molecular weight is 769 g/mol. The van der Waals surface area contributed by atoms with Gasteiger partial charge in [0.25, 0.3) is 0 Å². The van der Waals surface area contributed by atoms with Crippen molar-refractivity contribution in [3.8, 4) is 0 Å². The van der Waals surface area contributed by atoms with Crippen LogP contribution in [0.3, 0.4) is 0 Å². The summed E-state index contributed by atoms with van der Waals surface area (Å²) >= 11 is 0. The Morgan fingerprint density at radius 3 is 1.40 bits per heavy atom. The van der Waals surface area contributed by atoms with Gasteiger partial charge in [-0.1, -0.05) is 0 Å². The smallest absolute Gasteiger partial charge is 0.187 e. The first-order valence-corrected chi connectivity index (χ1v) is 16.4. The molecule has 0 saturated carbocycles. The summed E-state index contributed by atoms with van der Waals surface area (Å²) in [5.41, 5.74) is 0. The van der Waals surface area contributed by atoms with Crippen molar-refractivity contribution in [1.82, 2.24) is 0 Å². The predicted molar refractivity (Wildman–Crippen MR) is 155 cm³/mol. The molecular formula is C28H48O24. The van der Waals surface area contributed by atoms with Crippen LogP contribution in [0, 0.1) is 0 Å². The van der Waals surface area contributed by atoms with E-state index in [1.165, 1.54) is 0 Å². The third-order valence-electron chi connectivity index (χ3n) is 9.56. The molecule has 5 rings (SSSR count). The van der Waals surface area contributed by atoms with Crippen LogP contribution in [0.15, 0.2) is 0 Å². The van der Waals surface area contributed by atoms with Gasteiger partial charge in [0.1, 0.15) is 110 Å². The first-order valence-electron chi connectivity index (χ1n) is 16.4. The Labute approximate surface area is 293 Å². The molecular weight excluding hydrogens is 720 g/mol. The van der Waals surface area contributed by atoms with Crippen molar-refractivity contribution in [2.75, 3.05) is 33.0 Å². The molecule has 0 aromatic carbocycles. The molecule has 5 aliphatic rings. The molecule has 23 atom stereocenters. The lowest BCUT2D eigenvalue weighted by Gasteiger charge is -2.49. The van der Waals surface area contributed by atoms with E-state index in [0.29, 0.717) is 0 Å². The van der Waals surface area contributed by atoms with Crippen molar-refractivity contribution >= 4 is 0 Å². The summed E-state index contributed by atoms with van der Waals surface area (Å²) in [6, 6.07) is 0. The molecule has 304 valence electrons. The van der Waals surface area contributed by atoms with Crippen LogP contribution < -0.4 is 0 Å². The molecule has 52 heavy (non-hydrogen) atoms. The van der Waals surface area contributed by atoms with E-state index in [-0.39, 0.29) is 0 Å². The third kappa shape index (κ3) is 8.55. The third-order valence-corrected chi connectivity index (χ3v) is 9.56. The number of rotatable bonds is 11. The number of ether oxygens (including phenoxy) is 9. The normalized spacial score (nSPS) is 53.5. The van der Waals surface area contributed by atoms with Crippen molar-refractivity contribution in [3.63, 3.8) is 0 Å². The highest BCUT2D eigenvalue weighted by molar-refractivity contribution is 4.97. The lowest BCUT2D eigenvalue weighted by Crippen LogP contribution is -2.67. The van der Waals surface area contributed by atoms with Gasteiger partial charge in [-0.25, -0.2) is 0 Å². The van der Waals surface area contributed by atoms with Crippen LogP contribution in [0.25, 0.3) is 0 Å². The molecule has 0 aliphatic carbocycles. The van der Waals surface area contributed by atoms with Crippen LogP contribution in [-0.4, -0.2) is 251 Å². The Morgan fingerprint density at radius 1 is 0.385 bits per heavy atom. The van der Waals surface area contributed by atoms with Gasteiger partial charge in [0.15, 0.2) is 31.5 Å². The summed E-state index contributed by atoms with van der Waals surface area (Å²) in [6.45, 7) is -3.74. The van der Waals surface area contributed by atoms with Crippen LogP contribution in [0.1, 0.15) is 0 Å². The van der Waals surface area contributed by atoms with E-state index in [2.05, 4.69) is 0 Å². The molecule has 24 nitrogen and oxygen atoms in total. The Balaban J connectivity index is 1.36. The molecule has 0 bridgehead atoms. The first-order chi connectivity index (χ1) is 24.6. The Morgan fingerprint density at radius 2 is 0.865 bits per heavy atom. The van der Waals surface area contributed by atoms with Crippen molar-refractivity contribution in [2.45, 2.75) is 141 Å². The fourth-order valence-electron chi connectivity index (χ4n) is 6.39. The van der Waals surface area contributed by atoms with Gasteiger partial charge in [-0.3, -0.25) is 0 Å². The summed E-state index contributed by atoms with van der Waals surface area (Å²) in [7, 11) is 0. The van der Waals surface area contributed by atoms with Gasteiger partial charge in [-0.05, 0) is 0 Å². The minimum atomic E-state index is -2.02. The SMILES string of the molecule is OC[C@H]1O[C@@H](O[C@@H]2[C@@H](O)[C@@H](O[C@@H]3O[C@H](CO)[C@@H](O[C@@H]4O[C@H](CO)[C@@H](O)[C@H](O)[C@H]4O)[C@H](O)[C@H]3O[C@@H]3OC[C@@H](O)[C@H](O)[C@H]3O)CO[C@H]2O)[C@H](O)[C@@H](O)[C@@H]1O. The van der Waals surface area contributed by atoms with E-state index < -0.39 is 174 Å². The van der Waals surface area contributed by atoms with E-state index in [9.17, 15) is 76.6 Å². The quantitative estimate of drug-likeness (QED) is 0.0927. The van der Waals surface area contributed by atoms with E-state index in [1.54, 1.807) is 0 Å². The lowest BCUT2D eigenvalue weighted by molar-refractivity contribution is -0.397. The minimum absolute atomic E-state index is 0.549. The number of aliphatic hydroxyl groups excluding tert-OH is 15. The van der Waals surface area contributed by atoms with Crippen LogP contribution >= 0.6 is 0 Å². The largest absolute Gasteiger partial charge is 0.394 e. The van der Waals surface area contributed by atoms with Gasteiger partial charge < -0.3 is 119 Å². The highest BCUT2D eigenvalue weighted by atomic mass is 16.8. The zero-order valence-corrected chi connectivity index (χ0v) is 27.2. The molecule has 5 saturated heterocycles. The molecule has 15 N–H and O–H groups in total. The van der Waals surface area contributed by atoms with Gasteiger partial charge in [-0.2, -0.15) is 0 Å². The fourth-order valence-corrected chi connectivity index (χ4v) is 6.39. The van der Waals surface area contributed by atoms with Crippen molar-refractivity contribution in [2.24, 2.45) is 0 Å². The molecule has 0 aromatic rings. The monoisotopic (exact) mass is 768 g/mol. The second-order valence-electron chi connectivity index (χ2n) is 13.1. The molecule has 5 fully saturated rings. The summed E-state index contributed by atoms with van der Waals surface area (Å²) in [5.74, 6) is 0. The zero-order valence-electron chi connectivity index (χ0n) is 27.2. The number of hydrogen-bond donors (Lipinski definition) is 15. The predicted octanol–water partition coefficient (Wildman–Crippen LogP) is -10.6. The maximum Gasteiger partial charge on any atom is 0.187 e. The molecule has 5 heterocycles. The molecule has 24 heteroatoms. The average Bonchev–Trinajstić information content (AvgIpc) is 3.13. The van der Waals surface area contributed by atoms with E-state index >= 15 is 0 Å². The lowest BCUT2D eigenvalue weighted by atomic mass is 9.96. The van der Waals surface area contributed by atoms with Gasteiger partial charge in [0.05, 0.1) is 33.0 Å². The maximum absolute atomic E-state index is 11.6. The summed E-state index contributed by atoms with van der Waals surface area (Å²) in [5, 5.41) is 155. The summed E-state index contributed by atoms with van der Waals surface area (Å²) in [4.78, 5) is 0. The molecule has 5 aliphatic heterocycles. The summed E-state index contributed by atoms with van der Waals surface area (Å²) < 4.78 is 49.8. The molecule has 0 radical (unpaired) electrons. The molecule has 0 aromatic heterocycles. The number of hydrogen-bond acceptors (Lipinski definition) is 24. The van der Waals surface area contributed by atoms with Crippen molar-refractivity contribution < 1.29 is 119 Å². The Hall–Kier alpha value is -0.960. The molecule has 0 unspecified atom stereocenters. The van der Waals surface area contributed by atoms with Gasteiger partial charge >= 0.3 is 0 Å². The topological polar surface area (TPSA) is 387 Å². The zero-order chi connectivity index (χ0) is 38.2. The Bertz CT molecular complexity index is 1110. The highest BCUT2D eigenvalue weighted by Gasteiger charge is 2.55. The Kier molecular flexibility index (Phi) is 14.5.